The zero-order valence-electron chi connectivity index (χ0n) is 12.0. The van der Waals surface area contributed by atoms with E-state index in [0.29, 0.717) is 12.6 Å². The topological polar surface area (TPSA) is 67.6 Å². The van der Waals surface area contributed by atoms with Gasteiger partial charge in [0.25, 0.3) is 0 Å². The molecule has 110 valence electrons. The van der Waals surface area contributed by atoms with E-state index in [9.17, 15) is 4.79 Å². The summed E-state index contributed by atoms with van der Waals surface area (Å²) in [4.78, 5) is 14.0. The van der Waals surface area contributed by atoms with Gasteiger partial charge in [-0.3, -0.25) is 0 Å². The van der Waals surface area contributed by atoms with Crippen LogP contribution in [-0.2, 0) is 11.3 Å². The van der Waals surface area contributed by atoms with Crippen molar-refractivity contribution in [2.45, 2.75) is 32.4 Å². The van der Waals surface area contributed by atoms with E-state index < -0.39 is 0 Å². The minimum Gasteiger partial charge on any atom is -0.378 e. The molecular formula is C15H23N3O2. The van der Waals surface area contributed by atoms with Crippen molar-refractivity contribution in [2.75, 3.05) is 25.0 Å². The highest BCUT2D eigenvalue weighted by atomic mass is 16.5. The van der Waals surface area contributed by atoms with Gasteiger partial charge in [-0.2, -0.15) is 0 Å². The average Bonchev–Trinajstić information content (AvgIpc) is 2.49. The second kappa shape index (κ2) is 7.26. The predicted octanol–water partition coefficient (Wildman–Crippen LogP) is 2.18. The Hall–Kier alpha value is -1.59. The molecule has 5 heteroatoms. The van der Waals surface area contributed by atoms with Crippen LogP contribution in [0.1, 0.15) is 25.3 Å². The number of urea groups is 1. The molecule has 1 heterocycles. The fourth-order valence-corrected chi connectivity index (χ4v) is 2.39. The third-order valence-corrected chi connectivity index (χ3v) is 3.57. The fourth-order valence-electron chi connectivity index (χ4n) is 2.39. The van der Waals surface area contributed by atoms with Gasteiger partial charge in [-0.05, 0) is 37.5 Å². The van der Waals surface area contributed by atoms with E-state index in [2.05, 4.69) is 5.32 Å². The molecule has 2 rings (SSSR count). The summed E-state index contributed by atoms with van der Waals surface area (Å²) in [6.45, 7) is 4.75. The summed E-state index contributed by atoms with van der Waals surface area (Å²) in [7, 11) is 0. The number of likely N-dealkylation sites (tertiary alicyclic amines) is 1. The molecule has 5 nitrogen and oxygen atoms in total. The summed E-state index contributed by atoms with van der Waals surface area (Å²) in [5.74, 6) is 0. The molecule has 1 saturated heterocycles. The van der Waals surface area contributed by atoms with E-state index in [1.54, 1.807) is 0 Å². The normalized spacial score (nSPS) is 16.2. The molecule has 1 fully saturated rings. The number of nitrogens with two attached hydrogens (primary N) is 1. The number of carbonyl (C=O) groups is 1. The highest BCUT2D eigenvalue weighted by molar-refractivity contribution is 5.89. The van der Waals surface area contributed by atoms with Crippen molar-refractivity contribution in [3.8, 4) is 0 Å². The predicted molar refractivity (Wildman–Crippen MR) is 79.6 cm³/mol. The Morgan fingerprint density at radius 1 is 1.35 bits per heavy atom. The van der Waals surface area contributed by atoms with E-state index in [1.165, 1.54) is 0 Å². The molecule has 1 aliphatic rings. The first kappa shape index (κ1) is 14.8. The number of benzene rings is 1. The quantitative estimate of drug-likeness (QED) is 0.886. The number of piperidine rings is 1. The fraction of sp³-hybridized carbons (Fsp3) is 0.533. The van der Waals surface area contributed by atoms with E-state index in [1.807, 2.05) is 36.1 Å². The highest BCUT2D eigenvalue weighted by Crippen LogP contribution is 2.16. The number of rotatable bonds is 4. The summed E-state index contributed by atoms with van der Waals surface area (Å²) in [5, 5.41) is 2.92. The number of ether oxygens (including phenoxy) is 1. The van der Waals surface area contributed by atoms with Crippen molar-refractivity contribution in [1.29, 1.82) is 0 Å². The van der Waals surface area contributed by atoms with Gasteiger partial charge in [0, 0.05) is 31.9 Å². The molecule has 0 spiro atoms. The minimum absolute atomic E-state index is 0.0413. The Balaban J connectivity index is 1.83. The molecule has 1 aromatic carbocycles. The van der Waals surface area contributed by atoms with Gasteiger partial charge in [0.1, 0.15) is 0 Å². The van der Waals surface area contributed by atoms with Crippen LogP contribution in [0.2, 0.25) is 0 Å². The average molecular weight is 277 g/mol. The number of hydrogen-bond acceptors (Lipinski definition) is 3. The summed E-state index contributed by atoms with van der Waals surface area (Å²) in [6.07, 6.45) is 2.12. The molecule has 0 aromatic heterocycles. The number of nitrogens with one attached hydrogen (secondary N) is 1. The molecule has 0 atom stereocenters. The Bertz CT molecular complexity index is 425. The van der Waals surface area contributed by atoms with E-state index in [-0.39, 0.29) is 6.03 Å². The van der Waals surface area contributed by atoms with Crippen molar-refractivity contribution in [3.05, 3.63) is 29.8 Å². The van der Waals surface area contributed by atoms with Crippen LogP contribution in [0.25, 0.3) is 0 Å². The monoisotopic (exact) mass is 277 g/mol. The first-order valence-electron chi connectivity index (χ1n) is 7.19. The molecule has 0 bridgehead atoms. The van der Waals surface area contributed by atoms with E-state index in [4.69, 9.17) is 10.5 Å². The molecule has 0 radical (unpaired) electrons. The van der Waals surface area contributed by atoms with Gasteiger partial charge in [-0.15, -0.1) is 0 Å². The maximum Gasteiger partial charge on any atom is 0.321 e. The van der Waals surface area contributed by atoms with Crippen LogP contribution in [0.15, 0.2) is 24.3 Å². The number of carbonyl (C=O) groups excluding carboxylic acids is 1. The van der Waals surface area contributed by atoms with Gasteiger partial charge in [0.15, 0.2) is 0 Å². The lowest BCUT2D eigenvalue weighted by Gasteiger charge is -2.31. The van der Waals surface area contributed by atoms with Crippen LogP contribution >= 0.6 is 0 Å². The molecule has 0 aliphatic carbocycles. The molecule has 0 saturated carbocycles. The first-order valence-corrected chi connectivity index (χ1v) is 7.19. The molecule has 1 aromatic rings. The van der Waals surface area contributed by atoms with Crippen molar-refractivity contribution in [1.82, 2.24) is 4.90 Å². The van der Waals surface area contributed by atoms with Crippen molar-refractivity contribution in [3.63, 3.8) is 0 Å². The van der Waals surface area contributed by atoms with Gasteiger partial charge in [0.05, 0.1) is 6.10 Å². The smallest absolute Gasteiger partial charge is 0.321 e. The molecule has 2 amide bonds. The van der Waals surface area contributed by atoms with Crippen LogP contribution in [0.3, 0.4) is 0 Å². The zero-order valence-corrected chi connectivity index (χ0v) is 12.0. The largest absolute Gasteiger partial charge is 0.378 e. The van der Waals surface area contributed by atoms with Crippen molar-refractivity contribution >= 4 is 11.7 Å². The minimum atomic E-state index is -0.0413. The SMILES string of the molecule is CCOC1CCN(C(=O)Nc2ccc(CN)cc2)CC1. The third kappa shape index (κ3) is 3.95. The van der Waals surface area contributed by atoms with Gasteiger partial charge in [0.2, 0.25) is 0 Å². The van der Waals surface area contributed by atoms with Crippen molar-refractivity contribution in [2.24, 2.45) is 5.73 Å². The van der Waals surface area contributed by atoms with Crippen LogP contribution in [0.4, 0.5) is 10.5 Å². The molecule has 3 N–H and O–H groups in total. The van der Waals surface area contributed by atoms with Gasteiger partial charge < -0.3 is 20.7 Å². The lowest BCUT2D eigenvalue weighted by Crippen LogP contribution is -2.43. The standard InChI is InChI=1S/C15H23N3O2/c1-2-20-14-7-9-18(10-8-14)15(19)17-13-5-3-12(11-16)4-6-13/h3-6,14H,2,7-11,16H2,1H3,(H,17,19). The van der Waals surface area contributed by atoms with E-state index >= 15 is 0 Å². The maximum absolute atomic E-state index is 12.1. The Morgan fingerprint density at radius 2 is 2.00 bits per heavy atom. The Morgan fingerprint density at radius 3 is 2.55 bits per heavy atom. The highest BCUT2D eigenvalue weighted by Gasteiger charge is 2.22. The lowest BCUT2D eigenvalue weighted by molar-refractivity contribution is 0.0232. The van der Waals surface area contributed by atoms with Gasteiger partial charge >= 0.3 is 6.03 Å². The number of nitrogens with zero attached hydrogens (tertiary/aromatic N) is 1. The maximum atomic E-state index is 12.1. The molecule has 1 aliphatic heterocycles. The number of amides is 2. The van der Waals surface area contributed by atoms with Crippen LogP contribution in [0, 0.1) is 0 Å². The zero-order chi connectivity index (χ0) is 14.4. The number of anilines is 1. The number of hydrogen-bond donors (Lipinski definition) is 2. The van der Waals surface area contributed by atoms with E-state index in [0.717, 1.165) is 43.8 Å². The molecule has 0 unspecified atom stereocenters. The summed E-state index contributed by atoms with van der Waals surface area (Å²) in [6, 6.07) is 7.58. The van der Waals surface area contributed by atoms with Crippen LogP contribution < -0.4 is 11.1 Å². The first-order chi connectivity index (χ1) is 9.72. The van der Waals surface area contributed by atoms with Crippen molar-refractivity contribution < 1.29 is 9.53 Å². The Labute approximate surface area is 120 Å². The second-order valence-electron chi connectivity index (χ2n) is 4.97. The summed E-state index contributed by atoms with van der Waals surface area (Å²) in [5.41, 5.74) is 7.41. The Kier molecular flexibility index (Phi) is 5.38. The lowest BCUT2D eigenvalue weighted by atomic mass is 10.1. The van der Waals surface area contributed by atoms with Crippen LogP contribution in [-0.4, -0.2) is 36.7 Å². The molecule has 20 heavy (non-hydrogen) atoms. The summed E-state index contributed by atoms with van der Waals surface area (Å²) >= 11 is 0. The molecular weight excluding hydrogens is 254 g/mol. The van der Waals surface area contributed by atoms with Crippen LogP contribution in [0.5, 0.6) is 0 Å². The second-order valence-corrected chi connectivity index (χ2v) is 4.97. The summed E-state index contributed by atoms with van der Waals surface area (Å²) < 4.78 is 5.58. The van der Waals surface area contributed by atoms with Gasteiger partial charge in [-0.25, -0.2) is 4.79 Å². The third-order valence-electron chi connectivity index (χ3n) is 3.57. The van der Waals surface area contributed by atoms with Gasteiger partial charge in [-0.1, -0.05) is 12.1 Å².